The van der Waals surface area contributed by atoms with Crippen LogP contribution in [0.5, 0.6) is 0 Å². The van der Waals surface area contributed by atoms with Gasteiger partial charge in [-0.25, -0.2) is 0 Å². The lowest BCUT2D eigenvalue weighted by molar-refractivity contribution is -0.0165. The molecule has 120 valence electrons. The fraction of sp³-hybridized carbons (Fsp3) is 0.933. The first-order chi connectivity index (χ1) is 10.2. The van der Waals surface area contributed by atoms with Gasteiger partial charge in [0.2, 0.25) is 5.90 Å². The highest BCUT2D eigenvalue weighted by atomic mass is 16.7. The zero-order valence-corrected chi connectivity index (χ0v) is 13.3. The van der Waals surface area contributed by atoms with Crippen LogP contribution in [0.4, 0.5) is 0 Å². The molecular weight excluding hydrogens is 268 g/mol. The molecule has 3 aliphatic heterocycles. The van der Waals surface area contributed by atoms with Gasteiger partial charge in [0, 0.05) is 25.7 Å². The van der Waals surface area contributed by atoms with E-state index in [0.29, 0.717) is 18.6 Å². The summed E-state index contributed by atoms with van der Waals surface area (Å²) >= 11 is 0. The molecule has 3 aliphatic rings. The van der Waals surface area contributed by atoms with Gasteiger partial charge < -0.3 is 19.8 Å². The number of piperidine rings is 1. The van der Waals surface area contributed by atoms with Gasteiger partial charge in [0.15, 0.2) is 6.61 Å². The Morgan fingerprint density at radius 2 is 2.05 bits per heavy atom. The van der Waals surface area contributed by atoms with Crippen molar-refractivity contribution in [2.75, 3.05) is 53.4 Å². The van der Waals surface area contributed by atoms with Crippen LogP contribution < -0.4 is 5.32 Å². The molecule has 2 fully saturated rings. The van der Waals surface area contributed by atoms with Crippen molar-refractivity contribution in [1.29, 1.82) is 0 Å². The van der Waals surface area contributed by atoms with Gasteiger partial charge in [-0.05, 0) is 40.0 Å². The second-order valence-electron chi connectivity index (χ2n) is 6.62. The summed E-state index contributed by atoms with van der Waals surface area (Å²) in [4.78, 5) is 10.2. The van der Waals surface area contributed by atoms with Crippen LogP contribution in [0.15, 0.2) is 5.16 Å². The number of hydrogen-bond donors (Lipinski definition) is 1. The Morgan fingerprint density at radius 1 is 1.24 bits per heavy atom. The van der Waals surface area contributed by atoms with Crippen LogP contribution in [0.2, 0.25) is 0 Å². The van der Waals surface area contributed by atoms with Gasteiger partial charge in [0.05, 0.1) is 5.92 Å². The minimum atomic E-state index is 0.124. The summed E-state index contributed by atoms with van der Waals surface area (Å²) in [6, 6.07) is 0.432. The third kappa shape index (κ3) is 3.67. The minimum absolute atomic E-state index is 0.124. The topological polar surface area (TPSA) is 49.3 Å². The maximum Gasteiger partial charge on any atom is 0.232 e. The summed E-state index contributed by atoms with van der Waals surface area (Å²) in [5.74, 6) is 1.08. The van der Waals surface area contributed by atoms with Crippen LogP contribution in [-0.4, -0.2) is 81.3 Å². The summed E-state index contributed by atoms with van der Waals surface area (Å²) < 4.78 is 6.17. The molecule has 21 heavy (non-hydrogen) atoms. The van der Waals surface area contributed by atoms with E-state index in [9.17, 15) is 0 Å². The van der Waals surface area contributed by atoms with E-state index in [4.69, 9.17) is 9.57 Å². The molecule has 3 atom stereocenters. The first kappa shape index (κ1) is 15.1. The van der Waals surface area contributed by atoms with Crippen molar-refractivity contribution in [3.8, 4) is 0 Å². The van der Waals surface area contributed by atoms with Crippen LogP contribution in [0, 0.1) is 5.92 Å². The monoisotopic (exact) mass is 296 g/mol. The Balaban J connectivity index is 1.56. The molecule has 0 saturated carbocycles. The van der Waals surface area contributed by atoms with Crippen molar-refractivity contribution >= 4 is 5.90 Å². The molecule has 6 heteroatoms. The van der Waals surface area contributed by atoms with E-state index in [0.717, 1.165) is 25.5 Å². The average molecular weight is 296 g/mol. The highest BCUT2D eigenvalue weighted by Crippen LogP contribution is 2.20. The lowest BCUT2D eigenvalue weighted by Gasteiger charge is -2.34. The van der Waals surface area contributed by atoms with Crippen molar-refractivity contribution in [3.63, 3.8) is 0 Å². The number of ether oxygens (including phenoxy) is 1. The van der Waals surface area contributed by atoms with Gasteiger partial charge in [-0.2, -0.15) is 0 Å². The highest BCUT2D eigenvalue weighted by molar-refractivity contribution is 5.80. The molecule has 3 heterocycles. The van der Waals surface area contributed by atoms with Crippen LogP contribution in [0.25, 0.3) is 0 Å². The van der Waals surface area contributed by atoms with Gasteiger partial charge in [-0.15, -0.1) is 0 Å². The quantitative estimate of drug-likeness (QED) is 0.811. The maximum atomic E-state index is 6.17. The fourth-order valence-corrected chi connectivity index (χ4v) is 3.54. The molecule has 0 amide bonds. The SMILES string of the molecule is CN(C)[C@H]1CNC[C@H]1C1=NOCC(CN2CCCCC2)O1. The molecule has 0 radical (unpaired) electrons. The number of oxime groups is 1. The number of nitrogens with one attached hydrogen (secondary N) is 1. The van der Waals surface area contributed by atoms with Crippen LogP contribution >= 0.6 is 0 Å². The molecule has 0 aromatic rings. The minimum Gasteiger partial charge on any atom is -0.470 e. The molecule has 6 nitrogen and oxygen atoms in total. The zero-order valence-electron chi connectivity index (χ0n) is 13.3. The van der Waals surface area contributed by atoms with E-state index < -0.39 is 0 Å². The number of rotatable bonds is 4. The van der Waals surface area contributed by atoms with E-state index in [-0.39, 0.29) is 6.10 Å². The zero-order chi connectivity index (χ0) is 14.7. The van der Waals surface area contributed by atoms with E-state index in [1.807, 2.05) is 0 Å². The lowest BCUT2D eigenvalue weighted by atomic mass is 10.0. The third-order valence-electron chi connectivity index (χ3n) is 4.78. The normalized spacial score (nSPS) is 34.4. The standard InChI is InChI=1S/C15H28N4O2/c1-18(2)14-9-16-8-13(14)15-17-20-11-12(21-15)10-19-6-4-3-5-7-19/h12-14,16H,3-11H2,1-2H3/t12?,13-,14+/m1/s1. The van der Waals surface area contributed by atoms with Gasteiger partial charge in [-0.3, -0.25) is 4.90 Å². The van der Waals surface area contributed by atoms with Gasteiger partial charge in [0.25, 0.3) is 0 Å². The average Bonchev–Trinajstić information content (AvgIpc) is 2.98. The molecule has 0 aliphatic carbocycles. The number of likely N-dealkylation sites (tertiary alicyclic amines) is 1. The largest absolute Gasteiger partial charge is 0.470 e. The molecule has 3 rings (SSSR count). The predicted molar refractivity (Wildman–Crippen MR) is 82.4 cm³/mol. The van der Waals surface area contributed by atoms with E-state index >= 15 is 0 Å². The number of nitrogens with zero attached hydrogens (tertiary/aromatic N) is 3. The smallest absolute Gasteiger partial charge is 0.232 e. The molecule has 1 unspecified atom stereocenters. The molecule has 0 aromatic heterocycles. The Hall–Kier alpha value is -0.850. The first-order valence-corrected chi connectivity index (χ1v) is 8.20. The molecule has 0 aromatic carbocycles. The van der Waals surface area contributed by atoms with Crippen LogP contribution in [0.3, 0.4) is 0 Å². The van der Waals surface area contributed by atoms with Crippen molar-refractivity contribution in [3.05, 3.63) is 0 Å². The van der Waals surface area contributed by atoms with Gasteiger partial charge in [0.1, 0.15) is 6.10 Å². The highest BCUT2D eigenvalue weighted by Gasteiger charge is 2.37. The summed E-state index contributed by atoms with van der Waals surface area (Å²) in [5.41, 5.74) is 0. The van der Waals surface area contributed by atoms with Crippen molar-refractivity contribution in [2.24, 2.45) is 11.1 Å². The summed E-state index contributed by atoms with van der Waals surface area (Å²) in [7, 11) is 4.22. The Kier molecular flexibility index (Phi) is 4.98. The van der Waals surface area contributed by atoms with E-state index in [2.05, 4.69) is 34.4 Å². The van der Waals surface area contributed by atoms with Crippen LogP contribution in [-0.2, 0) is 9.57 Å². The Morgan fingerprint density at radius 3 is 2.81 bits per heavy atom. The molecule has 1 N–H and O–H groups in total. The van der Waals surface area contributed by atoms with Gasteiger partial charge >= 0.3 is 0 Å². The molecule has 0 bridgehead atoms. The number of likely N-dealkylation sites (N-methyl/N-ethyl adjacent to an activating group) is 1. The van der Waals surface area contributed by atoms with Gasteiger partial charge in [-0.1, -0.05) is 11.6 Å². The molecule has 2 saturated heterocycles. The lowest BCUT2D eigenvalue weighted by Crippen LogP contribution is -2.46. The molecular formula is C15H28N4O2. The second-order valence-corrected chi connectivity index (χ2v) is 6.62. The second kappa shape index (κ2) is 6.94. The molecule has 0 spiro atoms. The Bertz CT molecular complexity index is 369. The maximum absolute atomic E-state index is 6.17. The summed E-state index contributed by atoms with van der Waals surface area (Å²) in [5, 5.41) is 7.63. The van der Waals surface area contributed by atoms with Crippen molar-refractivity contribution in [1.82, 2.24) is 15.1 Å². The first-order valence-electron chi connectivity index (χ1n) is 8.20. The van der Waals surface area contributed by atoms with E-state index in [1.165, 1.54) is 32.4 Å². The predicted octanol–water partition coefficient (Wildman–Crippen LogP) is 0.351. The summed E-state index contributed by atoms with van der Waals surface area (Å²) in [6.07, 6.45) is 4.11. The van der Waals surface area contributed by atoms with Crippen molar-refractivity contribution < 1.29 is 9.57 Å². The third-order valence-corrected chi connectivity index (χ3v) is 4.78. The van der Waals surface area contributed by atoms with Crippen molar-refractivity contribution in [2.45, 2.75) is 31.4 Å². The number of hydrogen-bond acceptors (Lipinski definition) is 6. The summed E-state index contributed by atoms with van der Waals surface area (Å²) in [6.45, 7) is 5.83. The van der Waals surface area contributed by atoms with Crippen LogP contribution in [0.1, 0.15) is 19.3 Å². The van der Waals surface area contributed by atoms with E-state index in [1.54, 1.807) is 0 Å². The Labute approximate surface area is 127 Å². The fourth-order valence-electron chi connectivity index (χ4n) is 3.54.